The highest BCUT2D eigenvalue weighted by molar-refractivity contribution is 6.30. The van der Waals surface area contributed by atoms with Crippen LogP contribution in [0.5, 0.6) is 5.75 Å². The van der Waals surface area contributed by atoms with Crippen LogP contribution in [-0.2, 0) is 16.1 Å². The van der Waals surface area contributed by atoms with E-state index in [1.165, 1.54) is 0 Å². The molecule has 0 spiro atoms. The van der Waals surface area contributed by atoms with Crippen LogP contribution in [0, 0.1) is 6.92 Å². The van der Waals surface area contributed by atoms with Gasteiger partial charge in [-0.2, -0.15) is 0 Å². The average Bonchev–Trinajstić information content (AvgIpc) is 2.82. The van der Waals surface area contributed by atoms with Crippen LogP contribution in [0.15, 0.2) is 12.1 Å². The van der Waals surface area contributed by atoms with E-state index in [4.69, 9.17) is 16.3 Å². The third-order valence-corrected chi connectivity index (χ3v) is 3.50. The lowest BCUT2D eigenvalue weighted by Gasteiger charge is -2.15. The minimum atomic E-state index is -0.436. The number of hydrogen-bond donors (Lipinski definition) is 2. The molecule has 0 bridgehead atoms. The fourth-order valence-electron chi connectivity index (χ4n) is 2.34. The van der Waals surface area contributed by atoms with Crippen molar-refractivity contribution >= 4 is 23.4 Å². The summed E-state index contributed by atoms with van der Waals surface area (Å²) in [5.41, 5.74) is 1.73. The Morgan fingerprint density at radius 3 is 2.90 bits per heavy atom. The first-order valence-corrected chi connectivity index (χ1v) is 6.79. The van der Waals surface area contributed by atoms with Crippen molar-refractivity contribution in [2.45, 2.75) is 32.4 Å². The van der Waals surface area contributed by atoms with Crippen LogP contribution in [0.2, 0.25) is 5.02 Å². The van der Waals surface area contributed by atoms with E-state index in [2.05, 4.69) is 10.6 Å². The van der Waals surface area contributed by atoms with Crippen molar-refractivity contribution in [3.63, 3.8) is 0 Å². The molecule has 6 heteroatoms. The number of nitrogens with one attached hydrogen (secondary N) is 2. The Bertz CT molecular complexity index is 545. The largest absolute Gasteiger partial charge is 0.496 e. The minimum absolute atomic E-state index is 0.0821. The van der Waals surface area contributed by atoms with Gasteiger partial charge in [-0.05, 0) is 31.0 Å². The predicted molar refractivity (Wildman–Crippen MR) is 75.8 cm³/mol. The lowest BCUT2D eigenvalue weighted by atomic mass is 10.1. The smallest absolute Gasteiger partial charge is 0.242 e. The highest BCUT2D eigenvalue weighted by Crippen LogP contribution is 2.27. The van der Waals surface area contributed by atoms with E-state index >= 15 is 0 Å². The molecule has 2 rings (SSSR count). The Labute approximate surface area is 122 Å². The van der Waals surface area contributed by atoms with E-state index in [0.717, 1.165) is 11.1 Å². The summed E-state index contributed by atoms with van der Waals surface area (Å²) in [6, 6.07) is 3.14. The number of carbonyl (C=O) groups excluding carboxylic acids is 2. The van der Waals surface area contributed by atoms with Gasteiger partial charge < -0.3 is 15.4 Å². The molecule has 20 heavy (non-hydrogen) atoms. The number of aryl methyl sites for hydroxylation is 1. The van der Waals surface area contributed by atoms with E-state index in [1.54, 1.807) is 13.2 Å². The maximum atomic E-state index is 11.9. The van der Waals surface area contributed by atoms with Crippen molar-refractivity contribution in [1.82, 2.24) is 10.6 Å². The number of amides is 2. The summed E-state index contributed by atoms with van der Waals surface area (Å²) >= 11 is 6.02. The quantitative estimate of drug-likeness (QED) is 0.886. The van der Waals surface area contributed by atoms with Crippen LogP contribution in [0.25, 0.3) is 0 Å². The molecular formula is C14H17ClN2O3. The topological polar surface area (TPSA) is 67.4 Å². The van der Waals surface area contributed by atoms with Crippen LogP contribution in [0.4, 0.5) is 0 Å². The molecule has 108 valence electrons. The molecule has 1 aliphatic heterocycles. The monoisotopic (exact) mass is 296 g/mol. The zero-order valence-corrected chi connectivity index (χ0v) is 12.2. The molecule has 1 aliphatic rings. The Balaban J connectivity index is 2.03. The van der Waals surface area contributed by atoms with Gasteiger partial charge in [-0.25, -0.2) is 0 Å². The first kappa shape index (κ1) is 14.7. The Morgan fingerprint density at radius 2 is 2.30 bits per heavy atom. The number of hydrogen-bond acceptors (Lipinski definition) is 3. The van der Waals surface area contributed by atoms with Crippen LogP contribution in [0.1, 0.15) is 24.0 Å². The highest BCUT2D eigenvalue weighted by Gasteiger charge is 2.27. The zero-order valence-electron chi connectivity index (χ0n) is 11.5. The summed E-state index contributed by atoms with van der Waals surface area (Å²) < 4.78 is 5.33. The Kier molecular flexibility index (Phi) is 4.49. The maximum absolute atomic E-state index is 11.9. The van der Waals surface area contributed by atoms with Crippen molar-refractivity contribution in [2.24, 2.45) is 0 Å². The fourth-order valence-corrected chi connectivity index (χ4v) is 2.63. The molecule has 0 saturated carbocycles. The van der Waals surface area contributed by atoms with Gasteiger partial charge >= 0.3 is 0 Å². The van der Waals surface area contributed by atoms with Crippen molar-refractivity contribution < 1.29 is 14.3 Å². The summed E-state index contributed by atoms with van der Waals surface area (Å²) in [7, 11) is 1.58. The molecule has 1 atom stereocenters. The summed E-state index contributed by atoms with van der Waals surface area (Å²) in [6.07, 6.45) is 0.939. The predicted octanol–water partition coefficient (Wildman–Crippen LogP) is 1.55. The van der Waals surface area contributed by atoms with Gasteiger partial charge in [0, 0.05) is 23.6 Å². The average molecular weight is 297 g/mol. The molecule has 2 amide bonds. The number of benzene rings is 1. The van der Waals surface area contributed by atoms with Gasteiger partial charge in [-0.3, -0.25) is 9.59 Å². The molecule has 1 aromatic carbocycles. The van der Waals surface area contributed by atoms with Gasteiger partial charge in [0.1, 0.15) is 11.8 Å². The molecule has 2 N–H and O–H groups in total. The Hall–Kier alpha value is -1.75. The summed E-state index contributed by atoms with van der Waals surface area (Å²) in [4.78, 5) is 23.0. The molecule has 5 nitrogen and oxygen atoms in total. The van der Waals surface area contributed by atoms with Crippen LogP contribution >= 0.6 is 11.6 Å². The summed E-state index contributed by atoms with van der Waals surface area (Å²) in [5, 5.41) is 6.03. The van der Waals surface area contributed by atoms with E-state index in [9.17, 15) is 9.59 Å². The van der Waals surface area contributed by atoms with E-state index in [0.29, 0.717) is 30.2 Å². The SMILES string of the molecule is COc1c(C)cc(Cl)cc1CNC(=O)C1CCC(=O)N1. The van der Waals surface area contributed by atoms with Crippen molar-refractivity contribution in [2.75, 3.05) is 7.11 Å². The molecule has 1 saturated heterocycles. The molecule has 1 aromatic rings. The third-order valence-electron chi connectivity index (χ3n) is 3.29. The number of rotatable bonds is 4. The zero-order chi connectivity index (χ0) is 14.7. The van der Waals surface area contributed by atoms with Gasteiger partial charge in [0.25, 0.3) is 0 Å². The van der Waals surface area contributed by atoms with Gasteiger partial charge in [0.2, 0.25) is 11.8 Å². The molecule has 0 aromatic heterocycles. The molecule has 1 fully saturated rings. The second-order valence-electron chi connectivity index (χ2n) is 4.79. The van der Waals surface area contributed by atoms with Gasteiger partial charge in [0.05, 0.1) is 7.11 Å². The molecule has 1 unspecified atom stereocenters. The highest BCUT2D eigenvalue weighted by atomic mass is 35.5. The minimum Gasteiger partial charge on any atom is -0.496 e. The van der Waals surface area contributed by atoms with Gasteiger partial charge in [-0.1, -0.05) is 11.6 Å². The molecule has 0 radical (unpaired) electrons. The van der Waals surface area contributed by atoms with Gasteiger partial charge in [0.15, 0.2) is 0 Å². The second-order valence-corrected chi connectivity index (χ2v) is 5.23. The maximum Gasteiger partial charge on any atom is 0.242 e. The van der Waals surface area contributed by atoms with Crippen molar-refractivity contribution in [3.05, 3.63) is 28.3 Å². The lowest BCUT2D eigenvalue weighted by molar-refractivity contribution is -0.125. The number of methoxy groups -OCH3 is 1. The fraction of sp³-hybridized carbons (Fsp3) is 0.429. The van der Waals surface area contributed by atoms with Crippen LogP contribution in [-0.4, -0.2) is 25.0 Å². The Morgan fingerprint density at radius 1 is 1.55 bits per heavy atom. The molecule has 0 aliphatic carbocycles. The van der Waals surface area contributed by atoms with E-state index in [-0.39, 0.29) is 11.8 Å². The van der Waals surface area contributed by atoms with E-state index < -0.39 is 6.04 Å². The van der Waals surface area contributed by atoms with Crippen molar-refractivity contribution in [3.8, 4) is 5.75 Å². The normalized spacial score (nSPS) is 17.8. The number of carbonyl (C=O) groups is 2. The summed E-state index contributed by atoms with van der Waals surface area (Å²) in [5.74, 6) is 0.446. The van der Waals surface area contributed by atoms with Crippen LogP contribution in [0.3, 0.4) is 0 Å². The third kappa shape index (κ3) is 3.22. The van der Waals surface area contributed by atoms with Crippen LogP contribution < -0.4 is 15.4 Å². The number of ether oxygens (including phenoxy) is 1. The van der Waals surface area contributed by atoms with Crippen molar-refractivity contribution in [1.29, 1.82) is 0 Å². The van der Waals surface area contributed by atoms with E-state index in [1.807, 2.05) is 13.0 Å². The lowest BCUT2D eigenvalue weighted by Crippen LogP contribution is -2.41. The first-order valence-electron chi connectivity index (χ1n) is 6.41. The first-order chi connectivity index (χ1) is 9.51. The molecule has 1 heterocycles. The standard InChI is InChI=1S/C14H17ClN2O3/c1-8-5-10(15)6-9(13(8)20-2)7-16-14(19)11-3-4-12(18)17-11/h5-6,11H,3-4,7H2,1-2H3,(H,16,19)(H,17,18). The molecular weight excluding hydrogens is 280 g/mol. The summed E-state index contributed by atoms with van der Waals surface area (Å²) in [6.45, 7) is 2.21. The van der Waals surface area contributed by atoms with Gasteiger partial charge in [-0.15, -0.1) is 0 Å². The number of halogens is 1. The second kappa shape index (κ2) is 6.13.